The third kappa shape index (κ3) is 3.95. The molecule has 0 bridgehead atoms. The van der Waals surface area contributed by atoms with Crippen molar-refractivity contribution in [2.45, 2.75) is 6.04 Å². The van der Waals surface area contributed by atoms with Crippen LogP contribution in [0, 0.1) is 5.82 Å². The molecule has 0 saturated heterocycles. The number of likely N-dealkylation sites (N-methyl/N-ethyl adjacent to an activating group) is 2. The maximum absolute atomic E-state index is 13.3. The van der Waals surface area contributed by atoms with E-state index in [1.54, 1.807) is 13.2 Å². The highest BCUT2D eigenvalue weighted by atomic mass is 19.1. The Bertz CT molecular complexity index is 589. The lowest BCUT2D eigenvalue weighted by Crippen LogP contribution is -2.31. The molecule has 0 spiro atoms. The van der Waals surface area contributed by atoms with Gasteiger partial charge in [-0.15, -0.1) is 0 Å². The molecule has 1 atom stereocenters. The lowest BCUT2D eigenvalue weighted by molar-refractivity contribution is 0.413. The van der Waals surface area contributed by atoms with Gasteiger partial charge in [-0.05, 0) is 42.9 Å². The van der Waals surface area contributed by atoms with E-state index in [1.165, 1.54) is 12.1 Å². The van der Waals surface area contributed by atoms with Crippen LogP contribution in [0.15, 0.2) is 48.5 Å². The van der Waals surface area contributed by atoms with Gasteiger partial charge in [0.2, 0.25) is 0 Å². The minimum atomic E-state index is -0.221. The van der Waals surface area contributed by atoms with Crippen molar-refractivity contribution in [2.75, 3.05) is 32.6 Å². The van der Waals surface area contributed by atoms with Crippen molar-refractivity contribution < 1.29 is 9.13 Å². The lowest BCUT2D eigenvalue weighted by atomic mass is 10.1. The largest absolute Gasteiger partial charge is 0.497 e. The molecule has 0 aliphatic heterocycles. The van der Waals surface area contributed by atoms with Crippen molar-refractivity contribution in [2.24, 2.45) is 0 Å². The average Bonchev–Trinajstić information content (AvgIpc) is 2.52. The molecule has 0 fully saturated rings. The fourth-order valence-electron chi connectivity index (χ4n) is 2.31. The number of methoxy groups -OCH3 is 1. The van der Waals surface area contributed by atoms with Crippen LogP contribution in [0.4, 0.5) is 10.1 Å². The summed E-state index contributed by atoms with van der Waals surface area (Å²) in [6, 6.07) is 14.7. The van der Waals surface area contributed by atoms with Gasteiger partial charge >= 0.3 is 0 Å². The Morgan fingerprint density at radius 3 is 2.62 bits per heavy atom. The van der Waals surface area contributed by atoms with Crippen molar-refractivity contribution in [3.05, 3.63) is 59.9 Å². The van der Waals surface area contributed by atoms with Crippen molar-refractivity contribution in [3.8, 4) is 5.75 Å². The van der Waals surface area contributed by atoms with Crippen LogP contribution in [0.1, 0.15) is 11.6 Å². The smallest absolute Gasteiger partial charge is 0.125 e. The third-order valence-electron chi connectivity index (χ3n) is 3.55. The number of nitrogens with one attached hydrogen (secondary N) is 1. The maximum atomic E-state index is 13.3. The number of hydrogen-bond donors (Lipinski definition) is 1. The van der Waals surface area contributed by atoms with Gasteiger partial charge in [-0.3, -0.25) is 0 Å². The molecule has 0 amide bonds. The van der Waals surface area contributed by atoms with Crippen molar-refractivity contribution in [3.63, 3.8) is 0 Å². The van der Waals surface area contributed by atoms with Gasteiger partial charge in [0.25, 0.3) is 0 Å². The molecule has 0 radical (unpaired) electrons. The Labute approximate surface area is 125 Å². The molecule has 4 heteroatoms. The van der Waals surface area contributed by atoms with E-state index in [4.69, 9.17) is 4.74 Å². The molecule has 112 valence electrons. The molecule has 2 aromatic carbocycles. The van der Waals surface area contributed by atoms with E-state index in [9.17, 15) is 4.39 Å². The van der Waals surface area contributed by atoms with E-state index >= 15 is 0 Å². The predicted molar refractivity (Wildman–Crippen MR) is 84.5 cm³/mol. The van der Waals surface area contributed by atoms with Crippen LogP contribution in [0.3, 0.4) is 0 Å². The highest BCUT2D eigenvalue weighted by molar-refractivity contribution is 5.46. The molecule has 0 aliphatic carbocycles. The summed E-state index contributed by atoms with van der Waals surface area (Å²) in [6.45, 7) is 0.729. The Hall–Kier alpha value is -2.07. The van der Waals surface area contributed by atoms with E-state index in [1.807, 2.05) is 43.3 Å². The lowest BCUT2D eigenvalue weighted by Gasteiger charge is -2.26. The van der Waals surface area contributed by atoms with Crippen LogP contribution in [0.2, 0.25) is 0 Å². The zero-order valence-electron chi connectivity index (χ0n) is 12.6. The van der Waals surface area contributed by atoms with Crippen molar-refractivity contribution in [1.82, 2.24) is 5.32 Å². The Morgan fingerprint density at radius 2 is 1.95 bits per heavy atom. The maximum Gasteiger partial charge on any atom is 0.125 e. The Kier molecular flexibility index (Phi) is 5.17. The number of hydrogen-bond acceptors (Lipinski definition) is 3. The Balaban J connectivity index is 2.14. The molecular formula is C17H21FN2O. The number of anilines is 1. The summed E-state index contributed by atoms with van der Waals surface area (Å²) in [7, 11) is 5.54. The average molecular weight is 288 g/mol. The summed E-state index contributed by atoms with van der Waals surface area (Å²) in [5, 5.41) is 3.29. The summed E-state index contributed by atoms with van der Waals surface area (Å²) < 4.78 is 18.6. The number of benzene rings is 2. The molecule has 3 nitrogen and oxygen atoms in total. The Morgan fingerprint density at radius 1 is 1.19 bits per heavy atom. The minimum absolute atomic E-state index is 0.133. The van der Waals surface area contributed by atoms with Crippen LogP contribution in [0.5, 0.6) is 5.75 Å². The van der Waals surface area contributed by atoms with Crippen LogP contribution in [-0.4, -0.2) is 27.7 Å². The molecule has 21 heavy (non-hydrogen) atoms. The first-order valence-electron chi connectivity index (χ1n) is 6.92. The molecule has 1 unspecified atom stereocenters. The predicted octanol–water partition coefficient (Wildman–Crippen LogP) is 3.23. The summed E-state index contributed by atoms with van der Waals surface area (Å²) >= 11 is 0. The molecule has 0 aliphatic rings. The van der Waals surface area contributed by atoms with E-state index < -0.39 is 0 Å². The van der Waals surface area contributed by atoms with Gasteiger partial charge in [-0.1, -0.05) is 18.2 Å². The molecule has 2 aromatic rings. The number of ether oxygens (including phenoxy) is 1. The molecule has 2 rings (SSSR count). The summed E-state index contributed by atoms with van der Waals surface area (Å²) in [5.74, 6) is 0.614. The van der Waals surface area contributed by atoms with Crippen LogP contribution in [0.25, 0.3) is 0 Å². The summed E-state index contributed by atoms with van der Waals surface area (Å²) in [4.78, 5) is 2.03. The fraction of sp³-hybridized carbons (Fsp3) is 0.294. The number of rotatable bonds is 6. The summed E-state index contributed by atoms with van der Waals surface area (Å²) in [5.41, 5.74) is 2.00. The first-order valence-corrected chi connectivity index (χ1v) is 6.92. The zero-order valence-corrected chi connectivity index (χ0v) is 12.6. The number of halogens is 1. The zero-order chi connectivity index (χ0) is 15.2. The second-order valence-corrected chi connectivity index (χ2v) is 4.98. The van der Waals surface area contributed by atoms with Gasteiger partial charge in [0.15, 0.2) is 0 Å². The van der Waals surface area contributed by atoms with Crippen molar-refractivity contribution in [1.29, 1.82) is 0 Å². The molecular weight excluding hydrogens is 267 g/mol. The van der Waals surface area contributed by atoms with Crippen LogP contribution >= 0.6 is 0 Å². The quantitative estimate of drug-likeness (QED) is 0.883. The number of nitrogens with zero attached hydrogens (tertiary/aromatic N) is 1. The first kappa shape index (κ1) is 15.3. The minimum Gasteiger partial charge on any atom is -0.497 e. The molecule has 1 N–H and O–H groups in total. The topological polar surface area (TPSA) is 24.5 Å². The standard InChI is InChI=1S/C17H21FN2O/c1-19-17(13-6-4-9-16(10-13)21-3)12-20(2)15-8-5-7-14(18)11-15/h4-11,17,19H,12H2,1-3H3. The second kappa shape index (κ2) is 7.09. The summed E-state index contributed by atoms with van der Waals surface area (Å²) in [6.07, 6.45) is 0. The SMILES string of the molecule is CNC(CN(C)c1cccc(F)c1)c1cccc(OC)c1. The van der Waals surface area contributed by atoms with Gasteiger partial charge in [-0.25, -0.2) is 4.39 Å². The third-order valence-corrected chi connectivity index (χ3v) is 3.55. The second-order valence-electron chi connectivity index (χ2n) is 4.98. The van der Waals surface area contributed by atoms with E-state index in [2.05, 4.69) is 11.4 Å². The van der Waals surface area contributed by atoms with Gasteiger partial charge < -0.3 is 15.0 Å². The highest BCUT2D eigenvalue weighted by Crippen LogP contribution is 2.22. The monoisotopic (exact) mass is 288 g/mol. The van der Waals surface area contributed by atoms with E-state index in [0.717, 1.165) is 23.5 Å². The molecule has 0 aromatic heterocycles. The molecule has 0 heterocycles. The van der Waals surface area contributed by atoms with Gasteiger partial charge in [0.1, 0.15) is 11.6 Å². The normalized spacial score (nSPS) is 12.0. The van der Waals surface area contributed by atoms with Crippen molar-refractivity contribution >= 4 is 5.69 Å². The van der Waals surface area contributed by atoms with Crippen LogP contribution < -0.4 is 15.0 Å². The first-order chi connectivity index (χ1) is 10.1. The molecule has 0 saturated carbocycles. The van der Waals surface area contributed by atoms with E-state index in [0.29, 0.717) is 0 Å². The van der Waals surface area contributed by atoms with Gasteiger partial charge in [-0.2, -0.15) is 0 Å². The van der Waals surface area contributed by atoms with E-state index in [-0.39, 0.29) is 11.9 Å². The fourth-order valence-corrected chi connectivity index (χ4v) is 2.31. The van der Waals surface area contributed by atoms with Gasteiger partial charge in [0.05, 0.1) is 7.11 Å². The van der Waals surface area contributed by atoms with Gasteiger partial charge in [0, 0.05) is 25.3 Å². The van der Waals surface area contributed by atoms with Crippen LogP contribution in [-0.2, 0) is 0 Å². The highest BCUT2D eigenvalue weighted by Gasteiger charge is 2.13.